The Morgan fingerprint density at radius 2 is 1.26 bits per heavy atom. The molecule has 0 saturated heterocycles. The minimum atomic E-state index is -3.55. The summed E-state index contributed by atoms with van der Waals surface area (Å²) in [5.74, 6) is 0.714. The zero-order chi connectivity index (χ0) is 47.8. The third kappa shape index (κ3) is 14.8. The number of benzene rings is 5. The van der Waals surface area contributed by atoms with Gasteiger partial charge >= 0.3 is 0 Å². The first kappa shape index (κ1) is 48.5. The summed E-state index contributed by atoms with van der Waals surface area (Å²) in [6, 6.07) is 42.9. The second-order valence-corrected chi connectivity index (χ2v) is 15.6. The maximum Gasteiger partial charge on any atom is 0.266 e. The van der Waals surface area contributed by atoms with E-state index >= 15 is 0 Å². The molecule has 0 unspecified atom stereocenters. The number of nitrogens with one attached hydrogen (secondary N) is 5. The van der Waals surface area contributed by atoms with E-state index < -0.39 is 15.9 Å². The van der Waals surface area contributed by atoms with Crippen molar-refractivity contribution in [3.05, 3.63) is 174 Å². The van der Waals surface area contributed by atoms with Crippen LogP contribution in [-0.4, -0.2) is 113 Å². The lowest BCUT2D eigenvalue weighted by Gasteiger charge is -1.97. The highest BCUT2D eigenvalue weighted by atomic mass is 32.2. The molecule has 344 valence electrons. The van der Waals surface area contributed by atoms with Crippen LogP contribution in [0.25, 0.3) is 39.4 Å². The monoisotopic (exact) mass is 971 g/mol. The summed E-state index contributed by atoms with van der Waals surface area (Å²) >= 11 is 6.38. The molecule has 0 aliphatic carbocycles. The highest BCUT2D eigenvalue weighted by molar-refractivity contribution is 7.98. The third-order valence-electron chi connectivity index (χ3n) is 8.28. The predicted molar refractivity (Wildman–Crippen MR) is 248 cm³/mol. The van der Waals surface area contributed by atoms with Crippen LogP contribution in [0.3, 0.4) is 0 Å². The number of H-pyrrole nitrogens is 4. The van der Waals surface area contributed by atoms with E-state index in [9.17, 15) is 13.2 Å². The van der Waals surface area contributed by atoms with Crippen molar-refractivity contribution in [2.45, 2.75) is 17.0 Å². The lowest BCUT2D eigenvalue weighted by Crippen LogP contribution is -2.20. The van der Waals surface area contributed by atoms with Crippen LogP contribution in [0.15, 0.2) is 177 Å². The van der Waals surface area contributed by atoms with Gasteiger partial charge in [0.05, 0.1) is 23.6 Å². The molecule has 12 rings (SSSR count). The van der Waals surface area contributed by atoms with Gasteiger partial charge in [0.15, 0.2) is 5.58 Å². The lowest BCUT2D eigenvalue weighted by atomic mass is 10.1. The number of tetrazole rings is 4. The Labute approximate surface area is 394 Å². The first-order valence-corrected chi connectivity index (χ1v) is 22.6. The van der Waals surface area contributed by atoms with E-state index in [0.717, 1.165) is 27.8 Å². The SMILES string of the molecule is CSc1nn[nH]n1.Cc1ccc(-c2nn[nH]n2)cc1.O=C1NS(=O)(=O)c2ccccc21.S=c1nn[nH]n1-c1ccccc1.c1ccc(-c2nn[nH]n2)cc1.c1ccc2oncc2c1.c1cnoc1. The first-order valence-electron chi connectivity index (χ1n) is 19.4. The van der Waals surface area contributed by atoms with Crippen LogP contribution in [0.5, 0.6) is 0 Å². The van der Waals surface area contributed by atoms with Crippen LogP contribution in [0.1, 0.15) is 15.9 Å². The molecule has 1 aliphatic heterocycles. The van der Waals surface area contributed by atoms with Gasteiger partial charge in [-0.1, -0.05) is 135 Å². The lowest BCUT2D eigenvalue weighted by molar-refractivity contribution is 0.0985. The van der Waals surface area contributed by atoms with Gasteiger partial charge in [-0.15, -0.1) is 30.6 Å². The zero-order valence-corrected chi connectivity index (χ0v) is 38.0. The van der Waals surface area contributed by atoms with Crippen LogP contribution in [0, 0.1) is 11.7 Å². The van der Waals surface area contributed by atoms with Gasteiger partial charge in [0.25, 0.3) is 15.9 Å². The van der Waals surface area contributed by atoms with Gasteiger partial charge in [-0.2, -0.15) is 20.9 Å². The van der Waals surface area contributed by atoms with Crippen LogP contribution in [-0.2, 0) is 10.0 Å². The molecule has 6 aromatic heterocycles. The van der Waals surface area contributed by atoms with Crippen molar-refractivity contribution in [1.29, 1.82) is 0 Å². The molecule has 0 saturated carbocycles. The summed E-state index contributed by atoms with van der Waals surface area (Å²) in [5.41, 5.74) is 5.18. The molecule has 68 heavy (non-hydrogen) atoms. The average molecular weight is 972 g/mol. The first-order chi connectivity index (χ1) is 33.2. The van der Waals surface area contributed by atoms with E-state index in [1.807, 2.05) is 127 Å². The summed E-state index contributed by atoms with van der Waals surface area (Å²) in [5, 5.41) is 58.8. The Bertz CT molecular complexity index is 3220. The van der Waals surface area contributed by atoms with E-state index in [1.54, 1.807) is 35.3 Å². The number of hydrogen-bond donors (Lipinski definition) is 5. The minimum Gasteiger partial charge on any atom is -0.365 e. The molecule has 0 radical (unpaired) electrons. The Kier molecular flexibility index (Phi) is 18.2. The fourth-order valence-electron chi connectivity index (χ4n) is 5.15. The number of aromatic amines is 4. The van der Waals surface area contributed by atoms with Gasteiger partial charge < -0.3 is 9.05 Å². The smallest absolute Gasteiger partial charge is 0.266 e. The van der Waals surface area contributed by atoms with Gasteiger partial charge in [0, 0.05) is 16.5 Å². The Balaban J connectivity index is 0.000000133. The van der Waals surface area contributed by atoms with Crippen molar-refractivity contribution in [3.8, 4) is 28.5 Å². The molecular formula is C41H37N19O5S3. The molecule has 1 aliphatic rings. The molecule has 1 amide bonds. The molecule has 11 aromatic rings. The maximum absolute atomic E-state index is 11.1. The van der Waals surface area contributed by atoms with Crippen LogP contribution in [0.4, 0.5) is 0 Å². The van der Waals surface area contributed by atoms with Crippen molar-refractivity contribution in [2.75, 3.05) is 6.26 Å². The van der Waals surface area contributed by atoms with Crippen molar-refractivity contribution >= 4 is 50.9 Å². The molecule has 24 nitrogen and oxygen atoms in total. The van der Waals surface area contributed by atoms with E-state index in [1.165, 1.54) is 35.7 Å². The van der Waals surface area contributed by atoms with Crippen molar-refractivity contribution in [2.24, 2.45) is 0 Å². The van der Waals surface area contributed by atoms with Gasteiger partial charge in [-0.05, 0) is 83.5 Å². The molecule has 0 atom stereocenters. The second-order valence-electron chi connectivity index (χ2n) is 12.8. The highest BCUT2D eigenvalue weighted by Crippen LogP contribution is 2.21. The van der Waals surface area contributed by atoms with Gasteiger partial charge in [0.2, 0.25) is 21.6 Å². The second kappa shape index (κ2) is 25.5. The number of hydrogen-bond acceptors (Lipinski definition) is 20. The average Bonchev–Trinajstić information content (AvgIpc) is 4.23. The molecule has 0 bridgehead atoms. The Morgan fingerprint density at radius 3 is 1.79 bits per heavy atom. The molecule has 5 aromatic carbocycles. The number of aryl methyl sites for hydroxylation is 1. The Hall–Kier alpha value is -8.95. The summed E-state index contributed by atoms with van der Waals surface area (Å²) in [6.45, 7) is 2.04. The number of carbonyl (C=O) groups excluding carboxylic acids is 1. The quantitative estimate of drug-likeness (QED) is 0.101. The molecular weight excluding hydrogens is 935 g/mol. The normalized spacial score (nSPS) is 11.3. The topological polar surface area (TPSA) is 325 Å². The number of rotatable bonds is 4. The zero-order valence-electron chi connectivity index (χ0n) is 35.5. The summed E-state index contributed by atoms with van der Waals surface area (Å²) in [4.78, 5) is 11.1. The van der Waals surface area contributed by atoms with Crippen LogP contribution in [0.2, 0.25) is 0 Å². The molecule has 5 N–H and O–H groups in total. The number of sulfonamides is 1. The number of thioether (sulfide) groups is 1. The van der Waals surface area contributed by atoms with Crippen molar-refractivity contribution in [1.82, 2.24) is 97.1 Å². The van der Waals surface area contributed by atoms with Crippen molar-refractivity contribution in [3.63, 3.8) is 0 Å². The molecule has 7 heterocycles. The van der Waals surface area contributed by atoms with E-state index in [2.05, 4.69) is 92.2 Å². The molecule has 0 spiro atoms. The largest absolute Gasteiger partial charge is 0.365 e. The number of aromatic nitrogens is 18. The summed E-state index contributed by atoms with van der Waals surface area (Å²) in [6.07, 6.45) is 6.69. The number of amides is 1. The molecule has 27 heteroatoms. The van der Waals surface area contributed by atoms with Gasteiger partial charge in [-0.25, -0.2) is 17.8 Å². The van der Waals surface area contributed by atoms with E-state index in [0.29, 0.717) is 21.6 Å². The number of nitrogens with zero attached hydrogens (tertiary/aromatic N) is 14. The van der Waals surface area contributed by atoms with Crippen LogP contribution < -0.4 is 4.72 Å². The predicted octanol–water partition coefficient (Wildman–Crippen LogP) is 5.91. The number of para-hydroxylation sites is 2. The number of fused-ring (bicyclic) bond motifs is 2. The van der Waals surface area contributed by atoms with Crippen LogP contribution >= 0.6 is 24.0 Å². The van der Waals surface area contributed by atoms with Gasteiger partial charge in [-0.3, -0.25) is 4.79 Å². The standard InChI is InChI=1S/C8H8N4.C7H6N4S.C7H6N4.C7H5NO3S.C7H5NO.C3H3NO.C2H4N4S/c1-6-2-4-7(5-3-6)8-9-11-12-10-8;12-7-8-9-10-11(7)6-4-2-1-3-5-6;1-2-4-6(5-3-1)7-8-10-11-9-7;9-7-5-3-1-2-4-6(5)12(10,11)8-7;1-2-4-7-6(3-1)5-8-9-7;1-2-4-5-3-1;1-7-2-3-5-6-4-2/h2-5H,1H3,(H,9,10,11,12);1-5H,(H,8,10,12);1-5H,(H,8,9,10,11);1-4H,(H,8,9);1-5H;1-3H;1H3,(H,3,4,5,6). The summed E-state index contributed by atoms with van der Waals surface area (Å²) in [7, 11) is -3.55. The van der Waals surface area contributed by atoms with Crippen molar-refractivity contribution < 1.29 is 22.3 Å². The maximum atomic E-state index is 11.1. The minimum absolute atomic E-state index is 0.0648. The van der Waals surface area contributed by atoms with E-state index in [-0.39, 0.29) is 10.5 Å². The fraction of sp³-hybridized carbons (Fsp3) is 0.0488. The van der Waals surface area contributed by atoms with E-state index in [4.69, 9.17) is 16.7 Å². The number of carbonyl (C=O) groups is 1. The summed E-state index contributed by atoms with van der Waals surface area (Å²) < 4.78 is 35.4. The van der Waals surface area contributed by atoms with Gasteiger partial charge in [0.1, 0.15) is 11.2 Å². The third-order valence-corrected chi connectivity index (χ3v) is 10.5. The highest BCUT2D eigenvalue weighted by Gasteiger charge is 2.31. The fourth-order valence-corrected chi connectivity index (χ4v) is 6.76. The Morgan fingerprint density at radius 1 is 0.647 bits per heavy atom. The molecule has 0 fully saturated rings.